The first kappa shape index (κ1) is 14.3. The number of benzene rings is 1. The molecular weight excluding hydrogens is 258 g/mol. The van der Waals surface area contributed by atoms with Crippen molar-refractivity contribution in [2.45, 2.75) is 30.3 Å². The van der Waals surface area contributed by atoms with E-state index in [0.717, 1.165) is 17.5 Å². The molecule has 0 bridgehead atoms. The molecule has 1 aliphatic rings. The number of nitrogens with one attached hydrogen (secondary N) is 1. The van der Waals surface area contributed by atoms with Gasteiger partial charge in [0.1, 0.15) is 0 Å². The van der Waals surface area contributed by atoms with E-state index < -0.39 is 0 Å². The summed E-state index contributed by atoms with van der Waals surface area (Å²) in [7, 11) is 0. The lowest BCUT2D eigenvalue weighted by molar-refractivity contribution is 0.637. The summed E-state index contributed by atoms with van der Waals surface area (Å²) in [5, 5.41) is 3.55. The van der Waals surface area contributed by atoms with Crippen LogP contribution in [-0.4, -0.2) is 29.2 Å². The quantitative estimate of drug-likeness (QED) is 0.764. The smallest absolute Gasteiger partial charge is 0.0503 e. The molecule has 0 unspecified atom stereocenters. The Morgan fingerprint density at radius 1 is 1.06 bits per heavy atom. The van der Waals surface area contributed by atoms with Crippen molar-refractivity contribution in [2.24, 2.45) is 0 Å². The molecule has 1 aromatic rings. The van der Waals surface area contributed by atoms with Crippen molar-refractivity contribution in [1.82, 2.24) is 5.32 Å². The molecule has 1 saturated heterocycles. The molecule has 18 heavy (non-hydrogen) atoms. The number of thioether (sulfide) groups is 2. The molecule has 1 nitrogen and oxygen atoms in total. The maximum Gasteiger partial charge on any atom is 0.0503 e. The summed E-state index contributed by atoms with van der Waals surface area (Å²) in [6.45, 7) is 2.28. The molecule has 0 spiro atoms. The highest BCUT2D eigenvalue weighted by Gasteiger charge is 2.13. The normalized spacial score (nSPS) is 16.9. The zero-order valence-corrected chi connectivity index (χ0v) is 12.6. The Morgan fingerprint density at radius 3 is 2.61 bits per heavy atom. The molecule has 1 heterocycles. The standard InChI is InChI=1S/C15H23NS2/c1-2-6-14(7-3-1)9-11-16-10-4-8-15-17-12-5-13-18-15/h1-3,6-7,15-16H,4-5,8-13H2. The van der Waals surface area contributed by atoms with Crippen LogP contribution >= 0.6 is 23.5 Å². The van der Waals surface area contributed by atoms with Crippen LogP contribution in [0.2, 0.25) is 0 Å². The second kappa shape index (κ2) is 8.89. The Hall–Kier alpha value is -0.120. The van der Waals surface area contributed by atoms with Crippen LogP contribution in [0.3, 0.4) is 0 Å². The molecular formula is C15H23NS2. The van der Waals surface area contributed by atoms with Gasteiger partial charge in [-0.05, 0) is 55.8 Å². The average Bonchev–Trinajstić information content (AvgIpc) is 2.45. The predicted molar refractivity (Wildman–Crippen MR) is 85.6 cm³/mol. The number of hydrogen-bond acceptors (Lipinski definition) is 3. The summed E-state index contributed by atoms with van der Waals surface area (Å²) < 4.78 is 0.870. The largest absolute Gasteiger partial charge is 0.316 e. The lowest BCUT2D eigenvalue weighted by atomic mass is 10.1. The Kier molecular flexibility index (Phi) is 7.06. The van der Waals surface area contributed by atoms with E-state index in [4.69, 9.17) is 0 Å². The van der Waals surface area contributed by atoms with Gasteiger partial charge >= 0.3 is 0 Å². The Labute approximate surface area is 120 Å². The van der Waals surface area contributed by atoms with E-state index in [1.807, 2.05) is 0 Å². The van der Waals surface area contributed by atoms with E-state index in [0.29, 0.717) is 0 Å². The highest BCUT2D eigenvalue weighted by atomic mass is 32.2. The van der Waals surface area contributed by atoms with Gasteiger partial charge in [-0.3, -0.25) is 0 Å². The Morgan fingerprint density at radius 2 is 1.83 bits per heavy atom. The third-order valence-corrected chi connectivity index (χ3v) is 6.20. The van der Waals surface area contributed by atoms with Gasteiger partial charge < -0.3 is 5.32 Å². The van der Waals surface area contributed by atoms with Crippen LogP contribution in [0, 0.1) is 0 Å². The highest BCUT2D eigenvalue weighted by molar-refractivity contribution is 8.17. The lowest BCUT2D eigenvalue weighted by Crippen LogP contribution is -2.19. The van der Waals surface area contributed by atoms with Gasteiger partial charge in [0.15, 0.2) is 0 Å². The fraction of sp³-hybridized carbons (Fsp3) is 0.600. The first-order valence-corrected chi connectivity index (χ1v) is 9.03. The number of rotatable bonds is 7. The van der Waals surface area contributed by atoms with E-state index in [2.05, 4.69) is 59.2 Å². The first-order valence-electron chi connectivity index (χ1n) is 6.93. The highest BCUT2D eigenvalue weighted by Crippen LogP contribution is 2.33. The van der Waals surface area contributed by atoms with E-state index >= 15 is 0 Å². The molecule has 1 aliphatic heterocycles. The molecule has 0 amide bonds. The van der Waals surface area contributed by atoms with Crippen LogP contribution in [0.15, 0.2) is 30.3 Å². The molecule has 100 valence electrons. The van der Waals surface area contributed by atoms with Gasteiger partial charge in [-0.2, -0.15) is 0 Å². The molecule has 0 radical (unpaired) electrons. The molecule has 0 aliphatic carbocycles. The molecule has 0 saturated carbocycles. The van der Waals surface area contributed by atoms with E-state index in [9.17, 15) is 0 Å². The van der Waals surface area contributed by atoms with E-state index in [1.165, 1.54) is 42.9 Å². The van der Waals surface area contributed by atoms with Crippen LogP contribution in [0.5, 0.6) is 0 Å². The van der Waals surface area contributed by atoms with Crippen LogP contribution in [0.25, 0.3) is 0 Å². The molecule has 2 rings (SSSR count). The van der Waals surface area contributed by atoms with Crippen molar-refractivity contribution in [3.8, 4) is 0 Å². The molecule has 3 heteroatoms. The summed E-state index contributed by atoms with van der Waals surface area (Å²) in [5.41, 5.74) is 1.43. The maximum absolute atomic E-state index is 3.55. The van der Waals surface area contributed by atoms with Gasteiger partial charge in [-0.1, -0.05) is 30.3 Å². The minimum atomic E-state index is 0.870. The molecule has 1 aromatic carbocycles. The SMILES string of the molecule is c1ccc(CCNCCCC2SCCCS2)cc1. The number of hydrogen-bond donors (Lipinski definition) is 1. The molecule has 0 aromatic heterocycles. The minimum absolute atomic E-state index is 0.870. The van der Waals surface area contributed by atoms with Gasteiger partial charge in [0.2, 0.25) is 0 Å². The van der Waals surface area contributed by atoms with Gasteiger partial charge in [0, 0.05) is 0 Å². The van der Waals surface area contributed by atoms with Gasteiger partial charge in [0.25, 0.3) is 0 Å². The molecule has 1 N–H and O–H groups in total. The fourth-order valence-corrected chi connectivity index (χ4v) is 5.06. The lowest BCUT2D eigenvalue weighted by Gasteiger charge is -2.20. The van der Waals surface area contributed by atoms with Crippen LogP contribution in [0.1, 0.15) is 24.8 Å². The second-order valence-electron chi connectivity index (χ2n) is 4.65. The Bertz CT molecular complexity index is 310. The van der Waals surface area contributed by atoms with Crippen molar-refractivity contribution in [2.75, 3.05) is 24.6 Å². The summed E-state index contributed by atoms with van der Waals surface area (Å²) in [6, 6.07) is 10.7. The van der Waals surface area contributed by atoms with E-state index in [1.54, 1.807) is 0 Å². The zero-order chi connectivity index (χ0) is 12.5. The third kappa shape index (κ3) is 5.68. The van der Waals surface area contributed by atoms with Crippen LogP contribution < -0.4 is 5.32 Å². The fourth-order valence-electron chi connectivity index (χ4n) is 2.10. The summed E-state index contributed by atoms with van der Waals surface area (Å²) >= 11 is 4.32. The molecule has 1 fully saturated rings. The van der Waals surface area contributed by atoms with Crippen molar-refractivity contribution < 1.29 is 0 Å². The van der Waals surface area contributed by atoms with Crippen LogP contribution in [0.4, 0.5) is 0 Å². The topological polar surface area (TPSA) is 12.0 Å². The predicted octanol–water partition coefficient (Wildman–Crippen LogP) is 3.80. The third-order valence-electron chi connectivity index (χ3n) is 3.12. The minimum Gasteiger partial charge on any atom is -0.316 e. The van der Waals surface area contributed by atoms with Crippen molar-refractivity contribution in [3.05, 3.63) is 35.9 Å². The monoisotopic (exact) mass is 281 g/mol. The van der Waals surface area contributed by atoms with Crippen molar-refractivity contribution in [1.29, 1.82) is 0 Å². The maximum atomic E-state index is 3.55. The summed E-state index contributed by atoms with van der Waals surface area (Å²) in [4.78, 5) is 0. The van der Waals surface area contributed by atoms with Gasteiger partial charge in [-0.15, -0.1) is 23.5 Å². The zero-order valence-electron chi connectivity index (χ0n) is 10.9. The van der Waals surface area contributed by atoms with E-state index in [-0.39, 0.29) is 0 Å². The van der Waals surface area contributed by atoms with Crippen molar-refractivity contribution >= 4 is 23.5 Å². The molecule has 0 atom stereocenters. The average molecular weight is 281 g/mol. The summed E-state index contributed by atoms with van der Waals surface area (Å²) in [6.07, 6.45) is 5.24. The summed E-state index contributed by atoms with van der Waals surface area (Å²) in [5.74, 6) is 2.75. The second-order valence-corrected chi connectivity index (χ2v) is 7.57. The van der Waals surface area contributed by atoms with Gasteiger partial charge in [0.05, 0.1) is 4.58 Å². The first-order chi connectivity index (χ1) is 8.95. The van der Waals surface area contributed by atoms with Crippen LogP contribution in [-0.2, 0) is 6.42 Å². The van der Waals surface area contributed by atoms with Crippen molar-refractivity contribution in [3.63, 3.8) is 0 Å². The van der Waals surface area contributed by atoms with Gasteiger partial charge in [-0.25, -0.2) is 0 Å². The Balaban J connectivity index is 1.46.